The maximum Gasteiger partial charge on any atom is 0.326 e. The van der Waals surface area contributed by atoms with Crippen molar-refractivity contribution < 1.29 is 24.3 Å². The zero-order valence-electron chi connectivity index (χ0n) is 13.0. The van der Waals surface area contributed by atoms with Gasteiger partial charge in [-0.25, -0.2) is 9.78 Å². The van der Waals surface area contributed by atoms with Crippen LogP contribution in [0.4, 0.5) is 0 Å². The van der Waals surface area contributed by atoms with E-state index in [1.807, 2.05) is 0 Å². The molecule has 0 aliphatic rings. The Morgan fingerprint density at radius 3 is 2.33 bits per heavy atom. The number of aliphatic carboxylic acids is 1. The molecule has 1 aromatic heterocycles. The van der Waals surface area contributed by atoms with E-state index in [2.05, 4.69) is 20.6 Å². The molecule has 0 aromatic carbocycles. The summed E-state index contributed by atoms with van der Waals surface area (Å²) in [4.78, 5) is 52.6. The molecule has 1 heterocycles. The summed E-state index contributed by atoms with van der Waals surface area (Å²) in [5, 5.41) is 13.6. The molecule has 132 valence electrons. The number of aromatic amines is 1. The Morgan fingerprint density at radius 1 is 1.25 bits per heavy atom. The fraction of sp³-hybridized carbons (Fsp3) is 0.462. The van der Waals surface area contributed by atoms with Gasteiger partial charge in [-0.05, 0) is 6.92 Å². The monoisotopic (exact) mass is 340 g/mol. The lowest BCUT2D eigenvalue weighted by atomic mass is 10.1. The van der Waals surface area contributed by atoms with E-state index in [9.17, 15) is 19.2 Å². The Morgan fingerprint density at radius 2 is 1.88 bits per heavy atom. The van der Waals surface area contributed by atoms with Crippen LogP contribution in [-0.4, -0.2) is 56.9 Å². The summed E-state index contributed by atoms with van der Waals surface area (Å²) < 4.78 is 0. The summed E-state index contributed by atoms with van der Waals surface area (Å²) in [5.41, 5.74) is 11.0. The standard InChI is InChI=1S/C13H20N6O5/c1-6(14)11(21)18-8(2-7-4-16-5-17-7)12(22)19-9(13(23)24)3-10(15)20/h4-6,8-9H,2-3,14H2,1H3,(H2,15,20)(H,16,17)(H,18,21)(H,19,22)(H,23,24)/t6-,8-,9-/m0/s1. The van der Waals surface area contributed by atoms with Gasteiger partial charge in [0, 0.05) is 18.3 Å². The van der Waals surface area contributed by atoms with Crippen molar-refractivity contribution in [3.8, 4) is 0 Å². The van der Waals surface area contributed by atoms with Gasteiger partial charge in [-0.15, -0.1) is 0 Å². The van der Waals surface area contributed by atoms with E-state index >= 15 is 0 Å². The molecule has 0 bridgehead atoms. The van der Waals surface area contributed by atoms with Crippen LogP contribution < -0.4 is 22.1 Å². The topological polar surface area (TPSA) is 193 Å². The number of H-pyrrole nitrogens is 1. The Balaban J connectivity index is 2.86. The van der Waals surface area contributed by atoms with Crippen LogP contribution >= 0.6 is 0 Å². The molecule has 0 spiro atoms. The van der Waals surface area contributed by atoms with Gasteiger partial charge in [-0.2, -0.15) is 0 Å². The third-order valence-electron chi connectivity index (χ3n) is 3.05. The highest BCUT2D eigenvalue weighted by Crippen LogP contribution is 2.01. The van der Waals surface area contributed by atoms with E-state index in [0.717, 1.165) is 0 Å². The van der Waals surface area contributed by atoms with E-state index in [0.29, 0.717) is 5.69 Å². The number of carboxylic acids is 1. The van der Waals surface area contributed by atoms with Crippen LogP contribution in [0.3, 0.4) is 0 Å². The molecule has 3 atom stereocenters. The summed E-state index contributed by atoms with van der Waals surface area (Å²) in [6.45, 7) is 1.44. The van der Waals surface area contributed by atoms with Crippen molar-refractivity contribution in [2.75, 3.05) is 0 Å². The lowest BCUT2D eigenvalue weighted by Gasteiger charge is -2.21. The number of carboxylic acid groups (broad SMARTS) is 1. The van der Waals surface area contributed by atoms with Gasteiger partial charge < -0.3 is 32.2 Å². The number of nitrogens with one attached hydrogen (secondary N) is 3. The zero-order valence-corrected chi connectivity index (χ0v) is 13.0. The normalized spacial score (nSPS) is 14.2. The van der Waals surface area contributed by atoms with E-state index in [4.69, 9.17) is 16.6 Å². The molecule has 1 rings (SSSR count). The molecule has 11 heteroatoms. The first-order chi connectivity index (χ1) is 11.2. The minimum absolute atomic E-state index is 0.0349. The fourth-order valence-electron chi connectivity index (χ4n) is 1.80. The molecule has 0 aliphatic heterocycles. The molecule has 8 N–H and O–H groups in total. The van der Waals surface area contributed by atoms with Crippen LogP contribution in [0.25, 0.3) is 0 Å². The zero-order chi connectivity index (χ0) is 18.3. The fourth-order valence-corrected chi connectivity index (χ4v) is 1.80. The van der Waals surface area contributed by atoms with Crippen molar-refractivity contribution >= 4 is 23.7 Å². The minimum Gasteiger partial charge on any atom is -0.480 e. The van der Waals surface area contributed by atoms with E-state index in [-0.39, 0.29) is 6.42 Å². The number of nitrogens with two attached hydrogens (primary N) is 2. The molecule has 0 saturated carbocycles. The molecule has 0 fully saturated rings. The quantitative estimate of drug-likeness (QED) is 0.280. The first kappa shape index (κ1) is 19.1. The van der Waals surface area contributed by atoms with E-state index in [1.54, 1.807) is 0 Å². The highest BCUT2D eigenvalue weighted by Gasteiger charge is 2.28. The Labute approximate surface area is 137 Å². The largest absolute Gasteiger partial charge is 0.480 e. The first-order valence-corrected chi connectivity index (χ1v) is 7.05. The van der Waals surface area contributed by atoms with Gasteiger partial charge >= 0.3 is 5.97 Å². The SMILES string of the molecule is C[C@H](N)C(=O)N[C@@H](Cc1cnc[nH]1)C(=O)N[C@@H](CC(N)=O)C(=O)O. The van der Waals surface area contributed by atoms with Gasteiger partial charge in [-0.1, -0.05) is 0 Å². The third kappa shape index (κ3) is 6.04. The molecule has 3 amide bonds. The maximum atomic E-state index is 12.3. The molecule has 0 radical (unpaired) electrons. The lowest BCUT2D eigenvalue weighted by Crippen LogP contribution is -2.55. The van der Waals surface area contributed by atoms with Gasteiger partial charge in [0.15, 0.2) is 0 Å². The van der Waals surface area contributed by atoms with Crippen LogP contribution in [0.1, 0.15) is 19.0 Å². The van der Waals surface area contributed by atoms with Crippen molar-refractivity contribution in [3.63, 3.8) is 0 Å². The number of carbonyl (C=O) groups is 4. The number of rotatable bonds is 9. The summed E-state index contributed by atoms with van der Waals surface area (Å²) >= 11 is 0. The van der Waals surface area contributed by atoms with Crippen LogP contribution in [0.15, 0.2) is 12.5 Å². The molecular weight excluding hydrogens is 320 g/mol. The highest BCUT2D eigenvalue weighted by atomic mass is 16.4. The highest BCUT2D eigenvalue weighted by molar-refractivity contribution is 5.93. The number of carbonyl (C=O) groups excluding carboxylic acids is 3. The van der Waals surface area contributed by atoms with Crippen molar-refractivity contribution in [1.29, 1.82) is 0 Å². The molecule has 1 aromatic rings. The van der Waals surface area contributed by atoms with Crippen LogP contribution in [0, 0.1) is 0 Å². The van der Waals surface area contributed by atoms with Crippen LogP contribution in [0.2, 0.25) is 0 Å². The van der Waals surface area contributed by atoms with Crippen molar-refractivity contribution in [1.82, 2.24) is 20.6 Å². The summed E-state index contributed by atoms with van der Waals surface area (Å²) in [5.74, 6) is -3.67. The molecule has 11 nitrogen and oxygen atoms in total. The average Bonchev–Trinajstić information content (AvgIpc) is 2.97. The number of imidazole rings is 1. The number of aromatic nitrogens is 2. The molecule has 0 aliphatic carbocycles. The van der Waals surface area contributed by atoms with E-state index < -0.39 is 48.2 Å². The lowest BCUT2D eigenvalue weighted by molar-refractivity contribution is -0.143. The maximum absolute atomic E-state index is 12.3. The Bertz CT molecular complexity index is 600. The van der Waals surface area contributed by atoms with Gasteiger partial charge in [-0.3, -0.25) is 14.4 Å². The number of nitrogens with zero attached hydrogens (tertiary/aromatic N) is 1. The predicted octanol–water partition coefficient (Wildman–Crippen LogP) is -2.77. The van der Waals surface area contributed by atoms with Gasteiger partial charge in [0.25, 0.3) is 0 Å². The van der Waals surface area contributed by atoms with E-state index in [1.165, 1.54) is 19.4 Å². The second-order valence-corrected chi connectivity index (χ2v) is 5.20. The second kappa shape index (κ2) is 8.62. The third-order valence-corrected chi connectivity index (χ3v) is 3.05. The summed E-state index contributed by atoms with van der Waals surface area (Å²) in [6, 6.07) is -3.45. The number of hydrogen-bond donors (Lipinski definition) is 6. The van der Waals surface area contributed by atoms with Crippen molar-refractivity contribution in [3.05, 3.63) is 18.2 Å². The minimum atomic E-state index is -1.49. The Kier molecular flexibility index (Phi) is 6.86. The van der Waals surface area contributed by atoms with Crippen molar-refractivity contribution in [2.45, 2.75) is 37.9 Å². The molecule has 24 heavy (non-hydrogen) atoms. The second-order valence-electron chi connectivity index (χ2n) is 5.20. The van der Waals surface area contributed by atoms with Crippen molar-refractivity contribution in [2.24, 2.45) is 11.5 Å². The smallest absolute Gasteiger partial charge is 0.326 e. The van der Waals surface area contributed by atoms with Crippen LogP contribution in [0.5, 0.6) is 0 Å². The van der Waals surface area contributed by atoms with Gasteiger partial charge in [0.1, 0.15) is 12.1 Å². The molecule has 0 unspecified atom stereocenters. The summed E-state index contributed by atoms with van der Waals surface area (Å²) in [7, 11) is 0. The number of amides is 3. The average molecular weight is 340 g/mol. The first-order valence-electron chi connectivity index (χ1n) is 7.05. The predicted molar refractivity (Wildman–Crippen MR) is 81.2 cm³/mol. The Hall–Kier alpha value is -2.95. The summed E-state index contributed by atoms with van der Waals surface area (Å²) in [6.07, 6.45) is 2.31. The number of primary amides is 1. The number of hydrogen-bond acceptors (Lipinski definition) is 6. The molecule has 0 saturated heterocycles. The van der Waals surface area contributed by atoms with Gasteiger partial charge in [0.2, 0.25) is 17.7 Å². The van der Waals surface area contributed by atoms with Crippen LogP contribution in [-0.2, 0) is 25.6 Å². The molecular formula is C13H20N6O5. The van der Waals surface area contributed by atoms with Gasteiger partial charge in [0.05, 0.1) is 18.8 Å².